The number of hydrogen-bond acceptors (Lipinski definition) is 3. The average Bonchev–Trinajstić information content (AvgIpc) is 3.50. The van der Waals surface area contributed by atoms with Crippen molar-refractivity contribution in [3.05, 3.63) is 29.8 Å². The van der Waals surface area contributed by atoms with E-state index in [1.165, 1.54) is 5.56 Å². The van der Waals surface area contributed by atoms with E-state index in [0.29, 0.717) is 24.3 Å². The zero-order valence-corrected chi connectivity index (χ0v) is 18.6. The fraction of sp³-hybridized carbons (Fsp3) is 0.652. The second-order valence-electron chi connectivity index (χ2n) is 9.32. The summed E-state index contributed by atoms with van der Waals surface area (Å²) < 4.78 is 5.49. The molecule has 3 aliphatic rings. The summed E-state index contributed by atoms with van der Waals surface area (Å²) in [5, 5.41) is 4.40. The highest BCUT2D eigenvalue weighted by Crippen LogP contribution is 2.49. The molecule has 6 heteroatoms. The lowest BCUT2D eigenvalue weighted by Crippen LogP contribution is -2.64. The van der Waals surface area contributed by atoms with Gasteiger partial charge in [0.05, 0.1) is 0 Å². The Bertz CT molecular complexity index is 745. The number of ether oxygens (including phenoxy) is 1. The monoisotopic (exact) mass is 416 g/mol. The Morgan fingerprint density at radius 2 is 1.93 bits per heavy atom. The molecule has 0 radical (unpaired) electrons. The normalized spacial score (nSPS) is 30.3. The fourth-order valence-corrected chi connectivity index (χ4v) is 5.10. The number of nitrogens with zero attached hydrogens (tertiary/aromatic N) is 1. The fourth-order valence-electron chi connectivity index (χ4n) is 4.91. The highest BCUT2D eigenvalue weighted by Gasteiger charge is 2.49. The SMILES string of the molecule is CC(C)C[C@H]1C(=O)N[C@H](C2CCOCC2)CN1C(=O)[C@@H]1C[C@H]1c1ccc(P)cc1. The summed E-state index contributed by atoms with van der Waals surface area (Å²) in [7, 11) is 2.70. The molecule has 0 bridgehead atoms. The summed E-state index contributed by atoms with van der Waals surface area (Å²) >= 11 is 0. The molecule has 4 rings (SSSR count). The molecule has 0 aromatic heterocycles. The van der Waals surface area contributed by atoms with Crippen LogP contribution in [0.3, 0.4) is 0 Å². The molecule has 1 aromatic rings. The predicted molar refractivity (Wildman–Crippen MR) is 117 cm³/mol. The van der Waals surface area contributed by atoms with Crippen LogP contribution in [0.5, 0.6) is 0 Å². The van der Waals surface area contributed by atoms with Gasteiger partial charge < -0.3 is 15.0 Å². The highest BCUT2D eigenvalue weighted by molar-refractivity contribution is 7.27. The first-order chi connectivity index (χ1) is 13.9. The van der Waals surface area contributed by atoms with Gasteiger partial charge in [-0.3, -0.25) is 9.59 Å². The zero-order chi connectivity index (χ0) is 20.5. The highest BCUT2D eigenvalue weighted by atomic mass is 31.0. The van der Waals surface area contributed by atoms with Crippen molar-refractivity contribution in [3.63, 3.8) is 0 Å². The molecule has 2 aliphatic heterocycles. The molecule has 3 fully saturated rings. The maximum Gasteiger partial charge on any atom is 0.243 e. The van der Waals surface area contributed by atoms with E-state index in [0.717, 1.165) is 44.2 Å². The lowest BCUT2D eigenvalue weighted by molar-refractivity contribution is -0.147. The third kappa shape index (κ3) is 4.67. The molecule has 1 aromatic carbocycles. The molecule has 5 atom stereocenters. The number of carbonyl (C=O) groups excluding carboxylic acids is 2. The van der Waals surface area contributed by atoms with Crippen LogP contribution < -0.4 is 10.6 Å². The Balaban J connectivity index is 1.49. The van der Waals surface area contributed by atoms with Crippen LogP contribution in [-0.4, -0.2) is 48.6 Å². The molecular formula is C23H33N2O3P. The van der Waals surface area contributed by atoms with E-state index in [2.05, 4.69) is 52.7 Å². The van der Waals surface area contributed by atoms with E-state index in [9.17, 15) is 9.59 Å². The second kappa shape index (κ2) is 8.73. The lowest BCUT2D eigenvalue weighted by Gasteiger charge is -2.43. The van der Waals surface area contributed by atoms with Crippen LogP contribution in [0.2, 0.25) is 0 Å². The van der Waals surface area contributed by atoms with Crippen molar-refractivity contribution >= 4 is 26.4 Å². The van der Waals surface area contributed by atoms with Crippen LogP contribution >= 0.6 is 9.24 Å². The molecular weight excluding hydrogens is 383 g/mol. The Kier molecular flexibility index (Phi) is 6.27. The van der Waals surface area contributed by atoms with Crippen LogP contribution in [0.25, 0.3) is 0 Å². The topological polar surface area (TPSA) is 58.6 Å². The van der Waals surface area contributed by atoms with Gasteiger partial charge in [-0.25, -0.2) is 0 Å². The zero-order valence-electron chi connectivity index (χ0n) is 17.5. The Morgan fingerprint density at radius 3 is 2.59 bits per heavy atom. The average molecular weight is 417 g/mol. The minimum Gasteiger partial charge on any atom is -0.381 e. The third-order valence-electron chi connectivity index (χ3n) is 6.68. The van der Waals surface area contributed by atoms with Gasteiger partial charge in [0.1, 0.15) is 6.04 Å². The van der Waals surface area contributed by atoms with Crippen molar-refractivity contribution < 1.29 is 14.3 Å². The summed E-state index contributed by atoms with van der Waals surface area (Å²) in [6.45, 7) is 6.36. The van der Waals surface area contributed by atoms with Crippen molar-refractivity contribution in [1.82, 2.24) is 10.2 Å². The third-order valence-corrected chi connectivity index (χ3v) is 7.07. The molecule has 158 valence electrons. The summed E-state index contributed by atoms with van der Waals surface area (Å²) in [6, 6.07) is 8.12. The van der Waals surface area contributed by atoms with Gasteiger partial charge in [0.25, 0.3) is 0 Å². The lowest BCUT2D eigenvalue weighted by atomic mass is 9.87. The van der Waals surface area contributed by atoms with Crippen LogP contribution in [-0.2, 0) is 14.3 Å². The van der Waals surface area contributed by atoms with Crippen molar-refractivity contribution in [2.24, 2.45) is 17.8 Å². The largest absolute Gasteiger partial charge is 0.381 e. The predicted octanol–water partition coefficient (Wildman–Crippen LogP) is 2.46. The van der Waals surface area contributed by atoms with Crippen molar-refractivity contribution in [1.29, 1.82) is 0 Å². The van der Waals surface area contributed by atoms with Gasteiger partial charge in [0, 0.05) is 31.7 Å². The number of benzene rings is 1. The smallest absolute Gasteiger partial charge is 0.243 e. The van der Waals surface area contributed by atoms with E-state index in [1.54, 1.807) is 0 Å². The molecule has 29 heavy (non-hydrogen) atoms. The molecule has 2 saturated heterocycles. The number of rotatable bonds is 5. The first kappa shape index (κ1) is 20.8. The number of carbonyl (C=O) groups is 2. The maximum absolute atomic E-state index is 13.5. The number of nitrogens with one attached hydrogen (secondary N) is 1. The Hall–Kier alpha value is -1.45. The minimum absolute atomic E-state index is 0.0151. The molecule has 1 saturated carbocycles. The Labute approximate surface area is 176 Å². The summed E-state index contributed by atoms with van der Waals surface area (Å²) in [5.74, 6) is 1.26. The van der Waals surface area contributed by atoms with Gasteiger partial charge in [-0.2, -0.15) is 0 Å². The van der Waals surface area contributed by atoms with Crippen molar-refractivity contribution in [2.45, 2.75) is 57.5 Å². The standard InChI is InChI=1S/C23H33N2O3P/c1-14(2)11-21-22(26)24-20(16-7-9-28-10-8-16)13-25(21)23(27)19-12-18(19)15-3-5-17(29)6-4-15/h3-6,14,16,18-21H,7-13,29H2,1-2H3,(H,24,26)/t18-,19+,20-,21-/m0/s1. The quantitative estimate of drug-likeness (QED) is 0.751. The molecule has 5 nitrogen and oxygen atoms in total. The summed E-state index contributed by atoms with van der Waals surface area (Å²) in [4.78, 5) is 28.4. The number of amides is 2. The Morgan fingerprint density at radius 1 is 1.24 bits per heavy atom. The molecule has 2 amide bonds. The minimum atomic E-state index is -0.339. The van der Waals surface area contributed by atoms with Crippen LogP contribution in [0.15, 0.2) is 24.3 Å². The van der Waals surface area contributed by atoms with Crippen LogP contribution in [0.1, 0.15) is 51.0 Å². The van der Waals surface area contributed by atoms with Gasteiger partial charge in [-0.15, -0.1) is 9.24 Å². The van der Waals surface area contributed by atoms with E-state index in [-0.39, 0.29) is 29.8 Å². The molecule has 1 unspecified atom stereocenters. The van der Waals surface area contributed by atoms with Gasteiger partial charge >= 0.3 is 0 Å². The maximum atomic E-state index is 13.5. The number of piperazine rings is 1. The second-order valence-corrected chi connectivity index (χ2v) is 9.98. The molecule has 1 N–H and O–H groups in total. The van der Waals surface area contributed by atoms with Gasteiger partial charge in [-0.05, 0) is 54.3 Å². The van der Waals surface area contributed by atoms with E-state index < -0.39 is 0 Å². The van der Waals surface area contributed by atoms with Gasteiger partial charge in [0.2, 0.25) is 11.8 Å². The van der Waals surface area contributed by atoms with E-state index in [1.807, 2.05) is 4.90 Å². The number of hydrogen-bond donors (Lipinski definition) is 1. The van der Waals surface area contributed by atoms with Crippen LogP contribution in [0.4, 0.5) is 0 Å². The van der Waals surface area contributed by atoms with Crippen molar-refractivity contribution in [3.8, 4) is 0 Å². The van der Waals surface area contributed by atoms with Crippen LogP contribution in [0, 0.1) is 17.8 Å². The van der Waals surface area contributed by atoms with E-state index in [4.69, 9.17) is 4.74 Å². The molecule has 2 heterocycles. The van der Waals surface area contributed by atoms with E-state index >= 15 is 0 Å². The summed E-state index contributed by atoms with van der Waals surface area (Å²) in [5.41, 5.74) is 1.23. The molecule has 1 aliphatic carbocycles. The first-order valence-electron chi connectivity index (χ1n) is 11.0. The van der Waals surface area contributed by atoms with Gasteiger partial charge in [-0.1, -0.05) is 38.1 Å². The van der Waals surface area contributed by atoms with Crippen molar-refractivity contribution in [2.75, 3.05) is 19.8 Å². The summed E-state index contributed by atoms with van der Waals surface area (Å²) in [6.07, 6.45) is 3.52. The van der Waals surface area contributed by atoms with Gasteiger partial charge in [0.15, 0.2) is 0 Å². The first-order valence-corrected chi connectivity index (χ1v) is 11.6. The molecule has 0 spiro atoms.